The molecular weight excluding hydrogens is 409 g/mol. The first-order valence-electron chi connectivity index (χ1n) is 9.54. The minimum absolute atomic E-state index is 0.147. The van der Waals surface area contributed by atoms with Gasteiger partial charge in [0, 0.05) is 5.69 Å². The third-order valence-corrected chi connectivity index (χ3v) is 6.54. The maximum absolute atomic E-state index is 13.9. The largest absolute Gasteiger partial charge is 0.466 e. The summed E-state index contributed by atoms with van der Waals surface area (Å²) in [7, 11) is -1.44. The van der Waals surface area contributed by atoms with E-state index < -0.39 is 37.5 Å². The molecule has 0 N–H and O–H groups in total. The Morgan fingerprint density at radius 2 is 1.63 bits per heavy atom. The van der Waals surface area contributed by atoms with Crippen molar-refractivity contribution in [3.05, 3.63) is 47.7 Å². The standard InChI is InChI=1S/C21H28NO7P/c1-14(2)28-30(25,29-15(3)4)19-12-11-16-9-7-8-10-17(16)22(19)18(21(24)27-6)13-20(23)26-5/h7-15,19H,1-6H3/b18-13+. The summed E-state index contributed by atoms with van der Waals surface area (Å²) in [6, 6.07) is 7.18. The van der Waals surface area contributed by atoms with Gasteiger partial charge in [-0.1, -0.05) is 24.3 Å². The molecule has 1 atom stereocenters. The molecule has 0 spiro atoms. The number of rotatable bonds is 8. The van der Waals surface area contributed by atoms with Gasteiger partial charge in [0.1, 0.15) is 5.70 Å². The van der Waals surface area contributed by atoms with Crippen LogP contribution in [0.2, 0.25) is 0 Å². The molecule has 30 heavy (non-hydrogen) atoms. The molecule has 0 aliphatic carbocycles. The molecule has 2 rings (SSSR count). The predicted octanol–water partition coefficient (Wildman–Crippen LogP) is 4.12. The Morgan fingerprint density at radius 1 is 1.03 bits per heavy atom. The molecule has 0 radical (unpaired) electrons. The van der Waals surface area contributed by atoms with Gasteiger partial charge in [0.15, 0.2) is 5.78 Å². The first kappa shape index (κ1) is 23.9. The first-order valence-corrected chi connectivity index (χ1v) is 11.1. The quantitative estimate of drug-likeness (QED) is 0.341. The van der Waals surface area contributed by atoms with Crippen LogP contribution in [0.15, 0.2) is 42.1 Å². The van der Waals surface area contributed by atoms with Crippen molar-refractivity contribution in [2.24, 2.45) is 0 Å². The maximum atomic E-state index is 13.9. The van der Waals surface area contributed by atoms with Crippen LogP contribution in [-0.2, 0) is 32.7 Å². The number of ether oxygens (including phenoxy) is 2. The van der Waals surface area contributed by atoms with E-state index in [9.17, 15) is 14.2 Å². The third-order valence-electron chi connectivity index (χ3n) is 4.06. The molecule has 1 aromatic rings. The predicted molar refractivity (Wildman–Crippen MR) is 114 cm³/mol. The van der Waals surface area contributed by atoms with Crippen LogP contribution in [0.3, 0.4) is 0 Å². The zero-order chi connectivity index (χ0) is 22.5. The summed E-state index contributed by atoms with van der Waals surface area (Å²) in [6.45, 7) is 6.97. The number of anilines is 1. The van der Waals surface area contributed by atoms with Crippen LogP contribution >= 0.6 is 7.60 Å². The van der Waals surface area contributed by atoms with Gasteiger partial charge < -0.3 is 23.4 Å². The molecule has 0 aromatic heterocycles. The summed E-state index contributed by atoms with van der Waals surface area (Å²) < 4.78 is 35.1. The van der Waals surface area contributed by atoms with Crippen LogP contribution in [0.1, 0.15) is 33.3 Å². The lowest BCUT2D eigenvalue weighted by atomic mass is 10.1. The lowest BCUT2D eigenvalue weighted by Gasteiger charge is -2.39. The molecule has 0 bridgehead atoms. The molecule has 1 heterocycles. The second kappa shape index (κ2) is 10.1. The molecule has 1 unspecified atom stereocenters. The highest BCUT2D eigenvalue weighted by molar-refractivity contribution is 7.55. The van der Waals surface area contributed by atoms with Crippen LogP contribution in [0.25, 0.3) is 6.08 Å². The Kier molecular flexibility index (Phi) is 8.01. The van der Waals surface area contributed by atoms with E-state index in [2.05, 4.69) is 0 Å². The fourth-order valence-corrected chi connectivity index (χ4v) is 5.33. The van der Waals surface area contributed by atoms with E-state index in [1.54, 1.807) is 52.0 Å². The third kappa shape index (κ3) is 5.39. The van der Waals surface area contributed by atoms with Crippen molar-refractivity contribution < 1.29 is 32.7 Å². The number of carbonyl (C=O) groups excluding carboxylic acids is 2. The van der Waals surface area contributed by atoms with Crippen molar-refractivity contribution in [2.45, 2.75) is 45.7 Å². The van der Waals surface area contributed by atoms with Crippen LogP contribution in [-0.4, -0.2) is 44.1 Å². The zero-order valence-corrected chi connectivity index (χ0v) is 18.9. The number of esters is 2. The average Bonchev–Trinajstić information content (AvgIpc) is 2.69. The molecule has 0 saturated carbocycles. The van der Waals surface area contributed by atoms with Gasteiger partial charge in [-0.2, -0.15) is 0 Å². The number of benzene rings is 1. The summed E-state index contributed by atoms with van der Waals surface area (Å²) in [4.78, 5) is 26.1. The minimum atomic E-state index is -3.84. The minimum Gasteiger partial charge on any atom is -0.466 e. The molecule has 1 aromatic carbocycles. The maximum Gasteiger partial charge on any atom is 0.357 e. The van der Waals surface area contributed by atoms with Crippen molar-refractivity contribution in [3.63, 3.8) is 0 Å². The van der Waals surface area contributed by atoms with Gasteiger partial charge in [-0.15, -0.1) is 0 Å². The monoisotopic (exact) mass is 437 g/mol. The van der Waals surface area contributed by atoms with E-state index in [0.29, 0.717) is 5.69 Å². The molecule has 0 fully saturated rings. The average molecular weight is 437 g/mol. The van der Waals surface area contributed by atoms with Gasteiger partial charge in [-0.3, -0.25) is 4.57 Å². The van der Waals surface area contributed by atoms with Crippen molar-refractivity contribution >= 4 is 31.3 Å². The normalized spacial score (nSPS) is 16.6. The molecule has 1 aliphatic rings. The zero-order valence-electron chi connectivity index (χ0n) is 18.0. The smallest absolute Gasteiger partial charge is 0.357 e. The van der Waals surface area contributed by atoms with Crippen molar-refractivity contribution in [2.75, 3.05) is 19.1 Å². The molecule has 1 aliphatic heterocycles. The van der Waals surface area contributed by atoms with E-state index in [-0.39, 0.29) is 5.70 Å². The van der Waals surface area contributed by atoms with Crippen molar-refractivity contribution in [1.82, 2.24) is 0 Å². The summed E-state index contributed by atoms with van der Waals surface area (Å²) >= 11 is 0. The van der Waals surface area contributed by atoms with Gasteiger partial charge in [0.2, 0.25) is 0 Å². The summed E-state index contributed by atoms with van der Waals surface area (Å²) in [5, 5.41) is 0. The summed E-state index contributed by atoms with van der Waals surface area (Å²) in [5.41, 5.74) is 1.16. The number of methoxy groups -OCH3 is 2. The second-order valence-electron chi connectivity index (χ2n) is 7.09. The Bertz CT molecular complexity index is 877. The summed E-state index contributed by atoms with van der Waals surface area (Å²) in [6.07, 6.45) is 3.61. The van der Waals surface area contributed by atoms with Gasteiger partial charge in [0.05, 0.1) is 32.5 Å². The number of hydrogen-bond acceptors (Lipinski definition) is 8. The highest BCUT2D eigenvalue weighted by Gasteiger charge is 2.45. The van der Waals surface area contributed by atoms with Gasteiger partial charge in [0.25, 0.3) is 0 Å². The Hall–Kier alpha value is -2.41. The van der Waals surface area contributed by atoms with Crippen LogP contribution in [0.4, 0.5) is 5.69 Å². The number of nitrogens with zero attached hydrogens (tertiary/aromatic N) is 1. The molecule has 9 heteroatoms. The van der Waals surface area contributed by atoms with E-state index in [4.69, 9.17) is 18.5 Å². The number of carbonyl (C=O) groups is 2. The number of para-hydroxylation sites is 1. The van der Waals surface area contributed by atoms with Crippen LogP contribution in [0.5, 0.6) is 0 Å². The molecule has 164 valence electrons. The molecule has 0 saturated heterocycles. The molecular formula is C21H28NO7P. The van der Waals surface area contributed by atoms with Crippen molar-refractivity contribution in [1.29, 1.82) is 0 Å². The fourth-order valence-electron chi connectivity index (χ4n) is 3.02. The highest BCUT2D eigenvalue weighted by atomic mass is 31.2. The number of hydrogen-bond donors (Lipinski definition) is 0. The fraction of sp³-hybridized carbons (Fsp3) is 0.429. The SMILES string of the molecule is COC(=O)/C=C(\C(=O)OC)N1c2ccccc2C=CC1P(=O)(OC(C)C)OC(C)C. The van der Waals surface area contributed by atoms with E-state index in [1.165, 1.54) is 19.1 Å². The lowest BCUT2D eigenvalue weighted by Crippen LogP contribution is -2.40. The van der Waals surface area contributed by atoms with Crippen LogP contribution in [0, 0.1) is 0 Å². The van der Waals surface area contributed by atoms with E-state index in [1.807, 2.05) is 12.1 Å². The Morgan fingerprint density at radius 3 is 2.17 bits per heavy atom. The second-order valence-corrected chi connectivity index (χ2v) is 9.12. The highest BCUT2D eigenvalue weighted by Crippen LogP contribution is 2.59. The molecule has 0 amide bonds. The number of fused-ring (bicyclic) bond motifs is 1. The lowest BCUT2D eigenvalue weighted by molar-refractivity contribution is -0.138. The molecule has 8 nitrogen and oxygen atoms in total. The summed E-state index contributed by atoms with van der Waals surface area (Å²) in [5.74, 6) is -2.56. The van der Waals surface area contributed by atoms with E-state index in [0.717, 1.165) is 11.6 Å². The van der Waals surface area contributed by atoms with Gasteiger partial charge >= 0.3 is 19.5 Å². The van der Waals surface area contributed by atoms with Crippen molar-refractivity contribution in [3.8, 4) is 0 Å². The van der Waals surface area contributed by atoms with Crippen LogP contribution < -0.4 is 4.90 Å². The van der Waals surface area contributed by atoms with Gasteiger partial charge in [-0.25, -0.2) is 9.59 Å². The topological polar surface area (TPSA) is 91.4 Å². The first-order chi connectivity index (χ1) is 14.1. The van der Waals surface area contributed by atoms with Gasteiger partial charge in [-0.05, 0) is 45.4 Å². The Labute approximate surface area is 177 Å². The van der Waals surface area contributed by atoms with E-state index >= 15 is 0 Å². The Balaban J connectivity index is 2.74.